The van der Waals surface area contributed by atoms with Gasteiger partial charge in [0.05, 0.1) is 10.6 Å². The first-order valence-electron chi connectivity index (χ1n) is 13.2. The van der Waals surface area contributed by atoms with Gasteiger partial charge in [-0.1, -0.05) is 29.8 Å². The van der Waals surface area contributed by atoms with Crippen LogP contribution in [-0.4, -0.2) is 66.0 Å². The van der Waals surface area contributed by atoms with Crippen LogP contribution in [0.4, 0.5) is 19.0 Å². The van der Waals surface area contributed by atoms with Gasteiger partial charge in [0.15, 0.2) is 11.6 Å². The number of nitrogens with one attached hydrogen (secondary N) is 1. The lowest BCUT2D eigenvalue weighted by molar-refractivity contribution is 0.0950. The highest BCUT2D eigenvalue weighted by Gasteiger charge is 2.28. The Hall–Kier alpha value is -3.14. The molecule has 0 spiro atoms. The Morgan fingerprint density at radius 3 is 2.26 bits per heavy atom. The average molecular weight is 558 g/mol. The molecule has 0 saturated carbocycles. The maximum Gasteiger partial charge on any atom is 0.253 e. The molecule has 39 heavy (non-hydrogen) atoms. The second-order valence-electron chi connectivity index (χ2n) is 10.1. The van der Waals surface area contributed by atoms with E-state index >= 15 is 0 Å². The van der Waals surface area contributed by atoms with Gasteiger partial charge in [0.1, 0.15) is 11.6 Å². The fraction of sp³-hybridized carbons (Fsp3) is 0.379. The fourth-order valence-corrected chi connectivity index (χ4v) is 5.60. The van der Waals surface area contributed by atoms with Crippen LogP contribution in [-0.2, 0) is 13.1 Å². The summed E-state index contributed by atoms with van der Waals surface area (Å²) in [5.74, 6) is -1.54. The summed E-state index contributed by atoms with van der Waals surface area (Å²) < 4.78 is 39.8. The van der Waals surface area contributed by atoms with Gasteiger partial charge in [0.25, 0.3) is 5.91 Å². The SMILES string of the molecule is O=C(NCc1ccc(F)cc1)c1cnc(N2CCN(C3CCN(Cc4ccc(F)c(F)c4)CC3)CC2)c(Cl)c1. The Morgan fingerprint density at radius 1 is 0.897 bits per heavy atom. The quantitative estimate of drug-likeness (QED) is 0.449. The van der Waals surface area contributed by atoms with E-state index in [9.17, 15) is 18.0 Å². The predicted molar refractivity (Wildman–Crippen MR) is 145 cm³/mol. The number of piperidine rings is 1. The second kappa shape index (κ2) is 12.4. The van der Waals surface area contributed by atoms with Gasteiger partial charge in [-0.05, 0) is 67.4 Å². The summed E-state index contributed by atoms with van der Waals surface area (Å²) in [7, 11) is 0. The number of carbonyl (C=O) groups is 1. The molecule has 2 aliphatic rings. The minimum Gasteiger partial charge on any atom is -0.353 e. The summed E-state index contributed by atoms with van der Waals surface area (Å²) >= 11 is 6.54. The molecule has 10 heteroatoms. The van der Waals surface area contributed by atoms with Crippen LogP contribution >= 0.6 is 11.6 Å². The third kappa shape index (κ3) is 6.90. The van der Waals surface area contributed by atoms with Crippen molar-refractivity contribution in [1.29, 1.82) is 0 Å². The number of carbonyl (C=O) groups excluding carboxylic acids is 1. The molecule has 0 radical (unpaired) electrons. The number of amides is 1. The van der Waals surface area contributed by atoms with E-state index in [-0.39, 0.29) is 18.3 Å². The zero-order valence-corrected chi connectivity index (χ0v) is 22.3. The van der Waals surface area contributed by atoms with Crippen molar-refractivity contribution in [3.8, 4) is 0 Å². The summed E-state index contributed by atoms with van der Waals surface area (Å²) in [6, 6.07) is 12.2. The number of rotatable bonds is 7. The third-order valence-electron chi connectivity index (χ3n) is 7.53. The van der Waals surface area contributed by atoms with Crippen LogP contribution in [0.2, 0.25) is 5.02 Å². The summed E-state index contributed by atoms with van der Waals surface area (Å²) in [5.41, 5.74) is 1.97. The molecule has 0 bridgehead atoms. The topological polar surface area (TPSA) is 51.7 Å². The Morgan fingerprint density at radius 2 is 1.59 bits per heavy atom. The molecule has 2 saturated heterocycles. The molecule has 1 N–H and O–H groups in total. The number of hydrogen-bond donors (Lipinski definition) is 1. The standard InChI is InChI=1S/C29H31ClF3N5O/c30-25-16-22(29(39)35-17-20-1-4-23(31)5-2-20)18-34-28(25)38-13-11-37(12-14-38)24-7-9-36(10-8-24)19-21-3-6-26(32)27(33)15-21/h1-6,15-16,18,24H,7-14,17,19H2,(H,35,39). The molecule has 3 aromatic rings. The zero-order chi connectivity index (χ0) is 27.4. The number of hydrogen-bond acceptors (Lipinski definition) is 5. The van der Waals surface area contributed by atoms with Crippen LogP contribution in [0.15, 0.2) is 54.7 Å². The number of anilines is 1. The number of likely N-dealkylation sites (tertiary alicyclic amines) is 1. The van der Waals surface area contributed by atoms with Gasteiger partial charge in [-0.25, -0.2) is 18.2 Å². The van der Waals surface area contributed by atoms with E-state index in [1.54, 1.807) is 24.3 Å². The van der Waals surface area contributed by atoms with Gasteiger partial charge in [-0.2, -0.15) is 0 Å². The maximum absolute atomic E-state index is 13.5. The number of halogens is 4. The first-order valence-corrected chi connectivity index (χ1v) is 13.6. The lowest BCUT2D eigenvalue weighted by Crippen LogP contribution is -2.53. The number of nitrogens with zero attached hydrogens (tertiary/aromatic N) is 4. The van der Waals surface area contributed by atoms with Crippen molar-refractivity contribution in [3.05, 3.63) is 93.9 Å². The largest absolute Gasteiger partial charge is 0.353 e. The van der Waals surface area contributed by atoms with Crippen molar-refractivity contribution in [2.24, 2.45) is 0 Å². The maximum atomic E-state index is 13.5. The highest BCUT2D eigenvalue weighted by atomic mass is 35.5. The van der Waals surface area contributed by atoms with E-state index in [0.29, 0.717) is 29.0 Å². The zero-order valence-electron chi connectivity index (χ0n) is 21.6. The van der Waals surface area contributed by atoms with E-state index in [0.717, 1.165) is 63.2 Å². The highest BCUT2D eigenvalue weighted by Crippen LogP contribution is 2.27. The molecule has 206 valence electrons. The summed E-state index contributed by atoms with van der Waals surface area (Å²) in [5, 5.41) is 3.24. The predicted octanol–water partition coefficient (Wildman–Crippen LogP) is 4.87. The molecule has 2 aliphatic heterocycles. The highest BCUT2D eigenvalue weighted by molar-refractivity contribution is 6.33. The smallest absolute Gasteiger partial charge is 0.253 e. The molecule has 5 rings (SSSR count). The molecule has 0 aliphatic carbocycles. The van der Waals surface area contributed by atoms with E-state index in [4.69, 9.17) is 11.6 Å². The number of aromatic nitrogens is 1. The summed E-state index contributed by atoms with van der Waals surface area (Å²) in [6.07, 6.45) is 3.60. The first kappa shape index (κ1) is 27.4. The lowest BCUT2D eigenvalue weighted by atomic mass is 10.0. The van der Waals surface area contributed by atoms with Crippen LogP contribution in [0.3, 0.4) is 0 Å². The Kier molecular flexibility index (Phi) is 8.69. The summed E-state index contributed by atoms with van der Waals surface area (Å²) in [4.78, 5) is 24.0. The molecule has 3 heterocycles. The number of pyridine rings is 1. The van der Waals surface area contributed by atoms with Crippen LogP contribution in [0.25, 0.3) is 0 Å². The van der Waals surface area contributed by atoms with Gasteiger partial charge in [0, 0.05) is 51.5 Å². The van der Waals surface area contributed by atoms with Crippen molar-refractivity contribution in [2.45, 2.75) is 32.0 Å². The number of piperazine rings is 1. The van der Waals surface area contributed by atoms with Crippen molar-refractivity contribution in [3.63, 3.8) is 0 Å². The van der Waals surface area contributed by atoms with Crippen molar-refractivity contribution >= 4 is 23.3 Å². The first-order chi connectivity index (χ1) is 18.9. The van der Waals surface area contributed by atoms with E-state index in [1.165, 1.54) is 30.5 Å². The van der Waals surface area contributed by atoms with E-state index in [2.05, 4.69) is 25.0 Å². The summed E-state index contributed by atoms with van der Waals surface area (Å²) in [6.45, 7) is 6.11. The van der Waals surface area contributed by atoms with Gasteiger partial charge >= 0.3 is 0 Å². The third-order valence-corrected chi connectivity index (χ3v) is 7.81. The minimum absolute atomic E-state index is 0.282. The molecule has 1 amide bonds. The van der Waals surface area contributed by atoms with Crippen LogP contribution in [0, 0.1) is 17.5 Å². The van der Waals surface area contributed by atoms with E-state index in [1.807, 2.05) is 0 Å². The van der Waals surface area contributed by atoms with Crippen LogP contribution in [0.5, 0.6) is 0 Å². The molecular formula is C29H31ClF3N5O. The second-order valence-corrected chi connectivity index (χ2v) is 10.5. The lowest BCUT2D eigenvalue weighted by Gasteiger charge is -2.43. The van der Waals surface area contributed by atoms with Crippen molar-refractivity contribution < 1.29 is 18.0 Å². The van der Waals surface area contributed by atoms with Crippen molar-refractivity contribution in [1.82, 2.24) is 20.1 Å². The molecule has 1 aromatic heterocycles. The Labute approximate surface area is 231 Å². The number of benzene rings is 2. The average Bonchev–Trinajstić information content (AvgIpc) is 2.95. The molecule has 0 atom stereocenters. The Bertz CT molecular complexity index is 1290. The van der Waals surface area contributed by atoms with Gasteiger partial charge in [-0.15, -0.1) is 0 Å². The molecule has 2 aromatic carbocycles. The fourth-order valence-electron chi connectivity index (χ4n) is 5.31. The van der Waals surface area contributed by atoms with Crippen LogP contribution < -0.4 is 10.2 Å². The monoisotopic (exact) mass is 557 g/mol. The van der Waals surface area contributed by atoms with Gasteiger partial charge in [0.2, 0.25) is 0 Å². The Balaban J connectivity index is 1.08. The van der Waals surface area contributed by atoms with E-state index < -0.39 is 11.6 Å². The molecule has 6 nitrogen and oxygen atoms in total. The molecule has 0 unspecified atom stereocenters. The van der Waals surface area contributed by atoms with Crippen molar-refractivity contribution in [2.75, 3.05) is 44.2 Å². The van der Waals surface area contributed by atoms with Gasteiger partial charge in [-0.3, -0.25) is 14.6 Å². The minimum atomic E-state index is -0.812. The van der Waals surface area contributed by atoms with Crippen LogP contribution in [0.1, 0.15) is 34.3 Å². The normalized spacial score (nSPS) is 17.4. The van der Waals surface area contributed by atoms with Gasteiger partial charge < -0.3 is 10.2 Å². The molecule has 2 fully saturated rings. The molecular weight excluding hydrogens is 527 g/mol.